The van der Waals surface area contributed by atoms with E-state index in [2.05, 4.69) is 49.4 Å². The molecule has 29 heavy (non-hydrogen) atoms. The monoisotopic (exact) mass is 398 g/mol. The second kappa shape index (κ2) is 9.96. The van der Waals surface area contributed by atoms with Crippen molar-refractivity contribution in [3.8, 4) is 0 Å². The smallest absolute Gasteiger partial charge is 0.166 e. The van der Waals surface area contributed by atoms with Gasteiger partial charge in [-0.1, -0.05) is 93.3 Å². The number of benzene rings is 3. The summed E-state index contributed by atoms with van der Waals surface area (Å²) in [4.78, 5) is 0. The van der Waals surface area contributed by atoms with E-state index in [4.69, 9.17) is 0 Å². The summed E-state index contributed by atoms with van der Waals surface area (Å²) in [6.45, 7) is 2.30. The average molecular weight is 399 g/mol. The summed E-state index contributed by atoms with van der Waals surface area (Å²) in [5.41, 5.74) is 1.66. The standard InChI is InChI=1S/C26H29F3/c1-20(24-18-10-15-22-14-7-8-17-25(22)24)11-5-3-2-4-6-12-21-13-9-16-23(19-21)26(27,28)29/h7-10,13-20H,2-6,11-12H2,1H3. The van der Waals surface area contributed by atoms with Crippen molar-refractivity contribution >= 4 is 10.8 Å². The molecule has 0 spiro atoms. The van der Waals surface area contributed by atoms with E-state index < -0.39 is 11.7 Å². The maximum atomic E-state index is 12.8. The molecule has 154 valence electrons. The van der Waals surface area contributed by atoms with E-state index in [-0.39, 0.29) is 0 Å². The van der Waals surface area contributed by atoms with Gasteiger partial charge in [0, 0.05) is 0 Å². The summed E-state index contributed by atoms with van der Waals surface area (Å²) in [5.74, 6) is 0.534. The first-order valence-corrected chi connectivity index (χ1v) is 10.6. The number of aryl methyl sites for hydroxylation is 1. The first-order chi connectivity index (χ1) is 13.9. The molecule has 0 radical (unpaired) electrons. The highest BCUT2D eigenvalue weighted by molar-refractivity contribution is 5.86. The number of unbranched alkanes of at least 4 members (excludes halogenated alkanes) is 4. The predicted octanol–water partition coefficient (Wildman–Crippen LogP) is 8.55. The Morgan fingerprint density at radius 1 is 0.759 bits per heavy atom. The fraction of sp³-hybridized carbons (Fsp3) is 0.385. The van der Waals surface area contributed by atoms with E-state index in [1.165, 1.54) is 47.7 Å². The van der Waals surface area contributed by atoms with Crippen molar-refractivity contribution in [1.29, 1.82) is 0 Å². The van der Waals surface area contributed by atoms with Gasteiger partial charge in [-0.2, -0.15) is 13.2 Å². The van der Waals surface area contributed by atoms with Crippen molar-refractivity contribution in [2.24, 2.45) is 0 Å². The number of alkyl halides is 3. The topological polar surface area (TPSA) is 0 Å². The molecule has 0 saturated carbocycles. The van der Waals surface area contributed by atoms with Gasteiger partial charge in [-0.15, -0.1) is 0 Å². The van der Waals surface area contributed by atoms with Crippen LogP contribution in [-0.2, 0) is 12.6 Å². The van der Waals surface area contributed by atoms with Gasteiger partial charge in [0.15, 0.2) is 0 Å². The molecule has 0 nitrogen and oxygen atoms in total. The van der Waals surface area contributed by atoms with E-state index in [0.717, 1.165) is 37.3 Å². The SMILES string of the molecule is CC(CCCCCCCc1cccc(C(F)(F)F)c1)c1cccc2ccccc12. The first kappa shape index (κ1) is 21.4. The van der Waals surface area contributed by atoms with Crippen LogP contribution >= 0.6 is 0 Å². The zero-order valence-electron chi connectivity index (χ0n) is 17.0. The molecule has 0 N–H and O–H groups in total. The summed E-state index contributed by atoms with van der Waals surface area (Å²) in [6.07, 6.45) is 3.15. The Kier molecular flexibility index (Phi) is 7.35. The Morgan fingerprint density at radius 3 is 2.28 bits per heavy atom. The molecule has 3 rings (SSSR count). The Morgan fingerprint density at radius 2 is 1.45 bits per heavy atom. The molecule has 0 aliphatic rings. The lowest BCUT2D eigenvalue weighted by atomic mass is 9.90. The molecule has 0 aliphatic heterocycles. The number of halogens is 3. The van der Waals surface area contributed by atoms with E-state index in [1.54, 1.807) is 6.07 Å². The third-order valence-electron chi connectivity index (χ3n) is 5.71. The number of fused-ring (bicyclic) bond motifs is 1. The van der Waals surface area contributed by atoms with Gasteiger partial charge in [0.1, 0.15) is 0 Å². The van der Waals surface area contributed by atoms with Gasteiger partial charge in [-0.25, -0.2) is 0 Å². The van der Waals surface area contributed by atoms with Gasteiger partial charge in [-0.3, -0.25) is 0 Å². The van der Waals surface area contributed by atoms with Crippen molar-refractivity contribution in [2.75, 3.05) is 0 Å². The second-order valence-corrected chi connectivity index (χ2v) is 7.97. The molecule has 3 aromatic rings. The summed E-state index contributed by atoms with van der Waals surface area (Å²) < 4.78 is 38.3. The molecule has 1 atom stereocenters. The van der Waals surface area contributed by atoms with Crippen LogP contribution < -0.4 is 0 Å². The largest absolute Gasteiger partial charge is 0.416 e. The molecule has 1 unspecified atom stereocenters. The molecule has 0 aromatic heterocycles. The lowest BCUT2D eigenvalue weighted by Crippen LogP contribution is -2.05. The zero-order valence-corrected chi connectivity index (χ0v) is 17.0. The molecule has 0 amide bonds. The normalized spacial score (nSPS) is 13.0. The van der Waals surface area contributed by atoms with Crippen molar-refractivity contribution in [2.45, 2.75) is 64.0 Å². The molecule has 0 fully saturated rings. The third kappa shape index (κ3) is 6.09. The van der Waals surface area contributed by atoms with Gasteiger partial charge in [0.2, 0.25) is 0 Å². The molecule has 0 saturated heterocycles. The fourth-order valence-electron chi connectivity index (χ4n) is 4.05. The highest BCUT2D eigenvalue weighted by Crippen LogP contribution is 2.30. The predicted molar refractivity (Wildman–Crippen MR) is 115 cm³/mol. The van der Waals surface area contributed by atoms with Crippen molar-refractivity contribution < 1.29 is 13.2 Å². The third-order valence-corrected chi connectivity index (χ3v) is 5.71. The Labute approximate surface area is 171 Å². The minimum Gasteiger partial charge on any atom is -0.166 e. The van der Waals surface area contributed by atoms with Crippen LogP contribution in [0.3, 0.4) is 0 Å². The molecular formula is C26H29F3. The van der Waals surface area contributed by atoms with Crippen molar-refractivity contribution in [1.82, 2.24) is 0 Å². The van der Waals surface area contributed by atoms with E-state index in [1.807, 2.05) is 0 Å². The summed E-state index contributed by atoms with van der Waals surface area (Å²) >= 11 is 0. The lowest BCUT2D eigenvalue weighted by molar-refractivity contribution is -0.137. The summed E-state index contributed by atoms with van der Waals surface area (Å²) in [5, 5.41) is 2.65. The zero-order chi connectivity index (χ0) is 20.7. The Hall–Kier alpha value is -2.29. The van der Waals surface area contributed by atoms with Crippen LogP contribution in [0.5, 0.6) is 0 Å². The number of hydrogen-bond acceptors (Lipinski definition) is 0. The van der Waals surface area contributed by atoms with Gasteiger partial charge in [-0.05, 0) is 53.1 Å². The fourth-order valence-corrected chi connectivity index (χ4v) is 4.05. The highest BCUT2D eigenvalue weighted by Gasteiger charge is 2.30. The second-order valence-electron chi connectivity index (χ2n) is 7.97. The quantitative estimate of drug-likeness (QED) is 0.317. The van der Waals surface area contributed by atoms with Gasteiger partial charge < -0.3 is 0 Å². The average Bonchev–Trinajstić information content (AvgIpc) is 2.72. The maximum absolute atomic E-state index is 12.8. The molecule has 3 heteroatoms. The number of hydrogen-bond donors (Lipinski definition) is 0. The summed E-state index contributed by atoms with van der Waals surface area (Å²) in [7, 11) is 0. The molecule has 0 heterocycles. The van der Waals surface area contributed by atoms with Crippen LogP contribution in [0, 0.1) is 0 Å². The maximum Gasteiger partial charge on any atom is 0.416 e. The first-order valence-electron chi connectivity index (χ1n) is 10.6. The van der Waals surface area contributed by atoms with Crippen LogP contribution in [0.4, 0.5) is 13.2 Å². The molecule has 0 bridgehead atoms. The highest BCUT2D eigenvalue weighted by atomic mass is 19.4. The van der Waals surface area contributed by atoms with E-state index >= 15 is 0 Å². The Balaban J connectivity index is 1.37. The van der Waals surface area contributed by atoms with E-state index in [9.17, 15) is 13.2 Å². The van der Waals surface area contributed by atoms with Gasteiger partial charge in [0.25, 0.3) is 0 Å². The van der Waals surface area contributed by atoms with E-state index in [0.29, 0.717) is 5.92 Å². The van der Waals surface area contributed by atoms with Gasteiger partial charge in [0.05, 0.1) is 5.56 Å². The molecule has 0 aliphatic carbocycles. The molecule has 3 aromatic carbocycles. The van der Waals surface area contributed by atoms with Crippen LogP contribution in [0.15, 0.2) is 66.7 Å². The van der Waals surface area contributed by atoms with Crippen molar-refractivity contribution in [3.63, 3.8) is 0 Å². The van der Waals surface area contributed by atoms with Crippen molar-refractivity contribution in [3.05, 3.63) is 83.4 Å². The lowest BCUT2D eigenvalue weighted by Gasteiger charge is -2.14. The minimum atomic E-state index is -4.25. The Bertz CT molecular complexity index is 906. The number of rotatable bonds is 9. The van der Waals surface area contributed by atoms with Crippen LogP contribution in [0.25, 0.3) is 10.8 Å². The van der Waals surface area contributed by atoms with Gasteiger partial charge >= 0.3 is 6.18 Å². The molecular weight excluding hydrogens is 369 g/mol. The van der Waals surface area contributed by atoms with Crippen LogP contribution in [0.2, 0.25) is 0 Å². The minimum absolute atomic E-state index is 0.534. The van der Waals surface area contributed by atoms with Crippen LogP contribution in [0.1, 0.15) is 68.1 Å². The summed E-state index contributed by atoms with van der Waals surface area (Å²) in [6, 6.07) is 20.8. The van der Waals surface area contributed by atoms with Crippen LogP contribution in [-0.4, -0.2) is 0 Å².